The fourth-order valence-electron chi connectivity index (χ4n) is 0.680. The average molecular weight is 330 g/mol. The summed E-state index contributed by atoms with van der Waals surface area (Å²) in [5.41, 5.74) is -3.43. The van der Waals surface area contributed by atoms with E-state index >= 15 is 0 Å². The lowest BCUT2D eigenvalue weighted by molar-refractivity contribution is -0.476. The zero-order chi connectivity index (χ0) is 16.8. The van der Waals surface area contributed by atoms with E-state index in [2.05, 4.69) is 0 Å². The summed E-state index contributed by atoms with van der Waals surface area (Å²) in [4.78, 5) is 0. The van der Waals surface area contributed by atoms with E-state index in [0.717, 1.165) is 0 Å². The van der Waals surface area contributed by atoms with Gasteiger partial charge in [-0.15, -0.1) is 0 Å². The first-order chi connectivity index (χ1) is 8.36. The topological polar surface area (TPSA) is 9.23 Å². The Balaban J connectivity index is 5.69. The minimum Gasteiger partial charge on any atom is -0.263 e. The summed E-state index contributed by atoms with van der Waals surface area (Å²) in [7, 11) is 0. The van der Waals surface area contributed by atoms with Crippen LogP contribution in [0.4, 0.5) is 52.7 Å². The maximum atomic E-state index is 12.7. The number of ether oxygens (including phenoxy) is 1. The Hall–Kier alpha value is -1.14. The molecule has 0 aromatic rings. The van der Waals surface area contributed by atoms with Crippen LogP contribution in [0.3, 0.4) is 0 Å². The molecule has 0 fully saturated rings. The predicted octanol–water partition coefficient (Wildman–Crippen LogP) is 4.50. The third kappa shape index (κ3) is 3.49. The first-order valence-corrected chi connectivity index (χ1v) is 4.03. The summed E-state index contributed by atoms with van der Waals surface area (Å²) in [6, 6.07) is 0. The molecule has 120 valence electrons. The molecule has 0 saturated carbocycles. The van der Waals surface area contributed by atoms with Gasteiger partial charge in [0.05, 0.1) is 0 Å². The van der Waals surface area contributed by atoms with Gasteiger partial charge in [0.25, 0.3) is 0 Å². The van der Waals surface area contributed by atoms with Crippen molar-refractivity contribution in [2.24, 2.45) is 0 Å². The van der Waals surface area contributed by atoms with E-state index in [1.54, 1.807) is 11.3 Å². The van der Waals surface area contributed by atoms with Crippen LogP contribution >= 0.6 is 0 Å². The largest absolute Gasteiger partial charge is 0.458 e. The van der Waals surface area contributed by atoms with Crippen LogP contribution in [0.2, 0.25) is 0 Å². The molecule has 0 saturated heterocycles. The molecule has 0 rings (SSSR count). The van der Waals surface area contributed by atoms with E-state index in [9.17, 15) is 52.7 Å². The highest BCUT2D eigenvalue weighted by atomic mass is 19.4. The second kappa shape index (κ2) is 4.70. The lowest BCUT2D eigenvalue weighted by Gasteiger charge is -2.33. The van der Waals surface area contributed by atoms with Gasteiger partial charge in [0.15, 0.2) is 0 Å². The van der Waals surface area contributed by atoms with Crippen molar-refractivity contribution in [1.82, 2.24) is 0 Å². The lowest BCUT2D eigenvalue weighted by atomic mass is 10.2. The van der Waals surface area contributed by atoms with Crippen LogP contribution in [0, 0.1) is 0 Å². The van der Waals surface area contributed by atoms with Crippen molar-refractivity contribution in [1.29, 1.82) is 0 Å². The normalized spacial score (nSPS) is 15.4. The molecule has 0 aliphatic rings. The molecule has 0 atom stereocenters. The van der Waals surface area contributed by atoms with Crippen molar-refractivity contribution in [2.45, 2.75) is 30.5 Å². The standard InChI is InChI=1S/C7H2F12O/c1-2(3(8,9)10)4(11,12)20-5(13,6(14,15)16)7(17,18)19/h1H2. The molecule has 13 heteroatoms. The molecule has 0 aromatic carbocycles. The smallest absolute Gasteiger partial charge is 0.263 e. The molecule has 0 aliphatic carbocycles. The molecular weight excluding hydrogens is 328 g/mol. The SMILES string of the molecule is C=C(C(F)(F)F)C(F)(F)OC(F)(C(F)(F)F)C(F)(F)F. The molecule has 0 N–H and O–H groups in total. The van der Waals surface area contributed by atoms with E-state index in [1.165, 1.54) is 0 Å². The van der Waals surface area contributed by atoms with Gasteiger partial charge in [-0.25, -0.2) is 0 Å². The number of halogens is 12. The highest BCUT2D eigenvalue weighted by molar-refractivity contribution is 5.11. The molecule has 0 spiro atoms. The molecule has 0 bridgehead atoms. The van der Waals surface area contributed by atoms with Gasteiger partial charge in [-0.05, 0) is 0 Å². The number of rotatable bonds is 3. The van der Waals surface area contributed by atoms with Crippen molar-refractivity contribution in [2.75, 3.05) is 0 Å². The summed E-state index contributed by atoms with van der Waals surface area (Å²) < 4.78 is 146. The van der Waals surface area contributed by atoms with Crippen molar-refractivity contribution in [3.63, 3.8) is 0 Å². The third-order valence-electron chi connectivity index (χ3n) is 1.69. The maximum Gasteiger partial charge on any atom is 0.458 e. The van der Waals surface area contributed by atoms with Gasteiger partial charge in [-0.3, -0.25) is 4.74 Å². The van der Waals surface area contributed by atoms with Gasteiger partial charge >= 0.3 is 30.5 Å². The zero-order valence-corrected chi connectivity index (χ0v) is 8.65. The first kappa shape index (κ1) is 18.9. The van der Waals surface area contributed by atoms with E-state index in [1.807, 2.05) is 0 Å². The molecule has 0 aliphatic heterocycles. The van der Waals surface area contributed by atoms with E-state index < -0.39 is 36.1 Å². The number of hydrogen-bond donors (Lipinski definition) is 0. The molecular formula is C7H2F12O. The highest BCUT2D eigenvalue weighted by Crippen LogP contribution is 2.51. The Morgan fingerprint density at radius 3 is 1.15 bits per heavy atom. The van der Waals surface area contributed by atoms with Gasteiger partial charge in [0.2, 0.25) is 0 Å². The fourth-order valence-corrected chi connectivity index (χ4v) is 0.680. The lowest BCUT2D eigenvalue weighted by Crippen LogP contribution is -2.58. The minimum atomic E-state index is -7.10. The molecule has 0 unspecified atom stereocenters. The van der Waals surface area contributed by atoms with E-state index in [4.69, 9.17) is 0 Å². The van der Waals surface area contributed by atoms with Crippen molar-refractivity contribution in [3.05, 3.63) is 12.2 Å². The zero-order valence-electron chi connectivity index (χ0n) is 8.65. The summed E-state index contributed by atoms with van der Waals surface area (Å²) in [6.07, 6.45) is -26.6. The molecule has 1 nitrogen and oxygen atoms in total. The predicted molar refractivity (Wildman–Crippen MR) is 37.2 cm³/mol. The van der Waals surface area contributed by atoms with Gasteiger partial charge < -0.3 is 0 Å². The number of alkyl halides is 12. The Kier molecular flexibility index (Phi) is 4.43. The van der Waals surface area contributed by atoms with Gasteiger partial charge in [-0.2, -0.15) is 52.7 Å². The molecule has 20 heavy (non-hydrogen) atoms. The molecule has 0 aromatic heterocycles. The van der Waals surface area contributed by atoms with Crippen LogP contribution in [0.25, 0.3) is 0 Å². The van der Waals surface area contributed by atoms with Crippen LogP contribution in [0.5, 0.6) is 0 Å². The van der Waals surface area contributed by atoms with Crippen molar-refractivity contribution >= 4 is 0 Å². The summed E-state index contributed by atoms with van der Waals surface area (Å²) >= 11 is 0. The quantitative estimate of drug-likeness (QED) is 0.547. The van der Waals surface area contributed by atoms with Crippen LogP contribution in [0.15, 0.2) is 12.2 Å². The Morgan fingerprint density at radius 1 is 0.650 bits per heavy atom. The van der Waals surface area contributed by atoms with Gasteiger partial charge in [0.1, 0.15) is 5.57 Å². The minimum absolute atomic E-state index is 1.54. The summed E-state index contributed by atoms with van der Waals surface area (Å²) in [6.45, 7) is 1.54. The maximum absolute atomic E-state index is 12.7. The van der Waals surface area contributed by atoms with Crippen molar-refractivity contribution in [3.8, 4) is 0 Å². The van der Waals surface area contributed by atoms with E-state index in [-0.39, 0.29) is 0 Å². The summed E-state index contributed by atoms with van der Waals surface area (Å²) in [5, 5.41) is 0. The number of hydrogen-bond acceptors (Lipinski definition) is 1. The van der Waals surface area contributed by atoms with Crippen LogP contribution in [0.1, 0.15) is 0 Å². The molecule has 0 amide bonds. The summed E-state index contributed by atoms with van der Waals surface area (Å²) in [5.74, 6) is -7.00. The van der Waals surface area contributed by atoms with Crippen LogP contribution in [-0.2, 0) is 4.74 Å². The third-order valence-corrected chi connectivity index (χ3v) is 1.69. The second-order valence-corrected chi connectivity index (χ2v) is 3.19. The Morgan fingerprint density at radius 2 is 0.950 bits per heavy atom. The van der Waals surface area contributed by atoms with Gasteiger partial charge in [-0.1, -0.05) is 6.58 Å². The van der Waals surface area contributed by atoms with Crippen LogP contribution < -0.4 is 0 Å². The fraction of sp³-hybridized carbons (Fsp3) is 0.714. The van der Waals surface area contributed by atoms with Gasteiger partial charge in [0, 0.05) is 0 Å². The second-order valence-electron chi connectivity index (χ2n) is 3.19. The average Bonchev–Trinajstić information content (AvgIpc) is 2.10. The van der Waals surface area contributed by atoms with Crippen LogP contribution in [-0.4, -0.2) is 30.5 Å². The Labute approximate surface area is 101 Å². The molecule has 0 heterocycles. The first-order valence-electron chi connectivity index (χ1n) is 4.03. The highest BCUT2D eigenvalue weighted by Gasteiger charge is 2.78. The Bertz CT molecular complexity index is 357. The van der Waals surface area contributed by atoms with Crippen molar-refractivity contribution < 1.29 is 57.4 Å². The monoisotopic (exact) mass is 330 g/mol. The van der Waals surface area contributed by atoms with E-state index in [0.29, 0.717) is 0 Å². The molecule has 0 radical (unpaired) electrons.